The van der Waals surface area contributed by atoms with E-state index in [1.54, 1.807) is 0 Å². The average molecular weight is 288 g/mol. The fraction of sp³-hybridized carbons (Fsp3) is 0.667. The lowest BCUT2D eigenvalue weighted by Gasteiger charge is -2.17. The molecule has 1 saturated carbocycles. The quantitative estimate of drug-likeness (QED) is 0.878. The SMILES string of the molecule is CCNC(c1cc(Br)sc1C)C1CC1C. The number of aryl methyl sites for hydroxylation is 1. The first-order chi connectivity index (χ1) is 7.13. The standard InChI is InChI=1S/C12H18BrNS/c1-4-14-12(9-5-7(9)2)10-6-11(13)15-8(10)3/h6-7,9,12,14H,4-5H2,1-3H3. The second-order valence-corrected chi connectivity index (χ2v) is 7.11. The summed E-state index contributed by atoms with van der Waals surface area (Å²) in [7, 11) is 0. The number of hydrogen-bond donors (Lipinski definition) is 1. The molecule has 0 radical (unpaired) electrons. The maximum absolute atomic E-state index is 3.63. The molecule has 84 valence electrons. The molecule has 1 heterocycles. The summed E-state index contributed by atoms with van der Waals surface area (Å²) in [6, 6.07) is 2.87. The van der Waals surface area contributed by atoms with E-state index in [0.717, 1.165) is 18.4 Å². The van der Waals surface area contributed by atoms with Crippen LogP contribution in [0.3, 0.4) is 0 Å². The van der Waals surface area contributed by atoms with E-state index in [0.29, 0.717) is 6.04 Å². The van der Waals surface area contributed by atoms with Crippen molar-refractivity contribution < 1.29 is 0 Å². The molecule has 2 rings (SSSR count). The Morgan fingerprint density at radius 1 is 1.67 bits per heavy atom. The van der Waals surface area contributed by atoms with Gasteiger partial charge in [-0.15, -0.1) is 11.3 Å². The van der Waals surface area contributed by atoms with Gasteiger partial charge < -0.3 is 5.32 Å². The highest BCUT2D eigenvalue weighted by molar-refractivity contribution is 9.11. The van der Waals surface area contributed by atoms with Crippen LogP contribution >= 0.6 is 27.3 Å². The van der Waals surface area contributed by atoms with Crippen molar-refractivity contribution in [3.63, 3.8) is 0 Å². The van der Waals surface area contributed by atoms with Gasteiger partial charge in [-0.1, -0.05) is 13.8 Å². The third kappa shape index (κ3) is 2.45. The van der Waals surface area contributed by atoms with Crippen LogP contribution in [-0.4, -0.2) is 6.54 Å². The molecule has 0 saturated heterocycles. The normalized spacial score (nSPS) is 26.7. The molecule has 15 heavy (non-hydrogen) atoms. The minimum atomic E-state index is 0.576. The van der Waals surface area contributed by atoms with Crippen LogP contribution in [0.5, 0.6) is 0 Å². The van der Waals surface area contributed by atoms with Gasteiger partial charge in [-0.2, -0.15) is 0 Å². The van der Waals surface area contributed by atoms with Crippen molar-refractivity contribution in [2.45, 2.75) is 33.2 Å². The third-order valence-corrected chi connectivity index (χ3v) is 4.85. The largest absolute Gasteiger partial charge is 0.310 e. The molecule has 0 aliphatic heterocycles. The van der Waals surface area contributed by atoms with Crippen LogP contribution in [0.1, 0.15) is 36.8 Å². The lowest BCUT2D eigenvalue weighted by atomic mass is 10.0. The summed E-state index contributed by atoms with van der Waals surface area (Å²) in [5, 5.41) is 3.63. The van der Waals surface area contributed by atoms with Crippen LogP contribution < -0.4 is 5.32 Å². The summed E-state index contributed by atoms with van der Waals surface area (Å²) in [5.74, 6) is 1.75. The summed E-state index contributed by atoms with van der Waals surface area (Å²) in [6.07, 6.45) is 1.38. The summed E-state index contributed by atoms with van der Waals surface area (Å²) < 4.78 is 1.26. The molecule has 3 heteroatoms. The maximum atomic E-state index is 3.63. The Bertz CT molecular complexity index is 347. The predicted octanol–water partition coefficient (Wildman–Crippen LogP) is 4.13. The molecule has 0 bridgehead atoms. The van der Waals surface area contributed by atoms with Gasteiger partial charge in [0.1, 0.15) is 0 Å². The monoisotopic (exact) mass is 287 g/mol. The molecule has 1 aromatic rings. The molecule has 3 unspecified atom stereocenters. The van der Waals surface area contributed by atoms with Crippen LogP contribution in [0.2, 0.25) is 0 Å². The smallest absolute Gasteiger partial charge is 0.0704 e. The van der Waals surface area contributed by atoms with Gasteiger partial charge in [-0.05, 0) is 59.3 Å². The van der Waals surface area contributed by atoms with E-state index in [4.69, 9.17) is 0 Å². The first-order valence-corrected chi connectivity index (χ1v) is 7.23. The van der Waals surface area contributed by atoms with E-state index in [1.807, 2.05) is 11.3 Å². The van der Waals surface area contributed by atoms with Crippen molar-refractivity contribution in [3.8, 4) is 0 Å². The van der Waals surface area contributed by atoms with Crippen molar-refractivity contribution in [1.29, 1.82) is 0 Å². The molecule has 1 N–H and O–H groups in total. The number of hydrogen-bond acceptors (Lipinski definition) is 2. The molecule has 1 aromatic heterocycles. The number of nitrogens with one attached hydrogen (secondary N) is 1. The van der Waals surface area contributed by atoms with Gasteiger partial charge in [0.15, 0.2) is 0 Å². The van der Waals surface area contributed by atoms with Crippen LogP contribution in [-0.2, 0) is 0 Å². The maximum Gasteiger partial charge on any atom is 0.0704 e. The highest BCUT2D eigenvalue weighted by Gasteiger charge is 2.40. The van der Waals surface area contributed by atoms with Gasteiger partial charge in [0.2, 0.25) is 0 Å². The van der Waals surface area contributed by atoms with Crippen LogP contribution in [0, 0.1) is 18.8 Å². The topological polar surface area (TPSA) is 12.0 Å². The van der Waals surface area contributed by atoms with Gasteiger partial charge in [-0.25, -0.2) is 0 Å². The van der Waals surface area contributed by atoms with Crippen molar-refractivity contribution in [1.82, 2.24) is 5.32 Å². The average Bonchev–Trinajstić information content (AvgIpc) is 2.78. The molecule has 1 fully saturated rings. The van der Waals surface area contributed by atoms with Crippen molar-refractivity contribution in [2.75, 3.05) is 6.54 Å². The molecular weight excluding hydrogens is 270 g/mol. The second kappa shape index (κ2) is 4.56. The molecule has 0 aromatic carbocycles. The van der Waals surface area contributed by atoms with Gasteiger partial charge >= 0.3 is 0 Å². The van der Waals surface area contributed by atoms with E-state index >= 15 is 0 Å². The molecule has 0 spiro atoms. The Hall–Kier alpha value is 0.140. The molecule has 0 amide bonds. The van der Waals surface area contributed by atoms with Crippen molar-refractivity contribution >= 4 is 27.3 Å². The van der Waals surface area contributed by atoms with E-state index < -0.39 is 0 Å². The Kier molecular flexibility index (Phi) is 3.53. The molecule has 1 nitrogen and oxygen atoms in total. The Labute approximate surface area is 104 Å². The predicted molar refractivity (Wildman–Crippen MR) is 70.4 cm³/mol. The van der Waals surface area contributed by atoms with Crippen molar-refractivity contribution in [2.24, 2.45) is 11.8 Å². The summed E-state index contributed by atoms with van der Waals surface area (Å²) >= 11 is 5.42. The summed E-state index contributed by atoms with van der Waals surface area (Å²) in [6.45, 7) is 7.82. The van der Waals surface area contributed by atoms with E-state index in [2.05, 4.69) is 48.1 Å². The van der Waals surface area contributed by atoms with Gasteiger partial charge in [0, 0.05) is 10.9 Å². The zero-order valence-electron chi connectivity index (χ0n) is 9.51. The highest BCUT2D eigenvalue weighted by atomic mass is 79.9. The first-order valence-electron chi connectivity index (χ1n) is 5.62. The number of thiophene rings is 1. The van der Waals surface area contributed by atoms with Gasteiger partial charge in [0.25, 0.3) is 0 Å². The van der Waals surface area contributed by atoms with Crippen molar-refractivity contribution in [3.05, 3.63) is 20.3 Å². The second-order valence-electron chi connectivity index (χ2n) is 4.47. The minimum absolute atomic E-state index is 0.576. The Morgan fingerprint density at radius 2 is 2.33 bits per heavy atom. The minimum Gasteiger partial charge on any atom is -0.310 e. The van der Waals surface area contributed by atoms with Crippen LogP contribution in [0.4, 0.5) is 0 Å². The lowest BCUT2D eigenvalue weighted by Crippen LogP contribution is -2.23. The zero-order valence-corrected chi connectivity index (χ0v) is 11.9. The molecule has 1 aliphatic carbocycles. The molecular formula is C12H18BrNS. The Balaban J connectivity index is 2.20. The highest BCUT2D eigenvalue weighted by Crippen LogP contribution is 2.48. The molecule has 3 atom stereocenters. The summed E-state index contributed by atoms with van der Waals surface area (Å²) in [5.41, 5.74) is 1.50. The zero-order chi connectivity index (χ0) is 11.0. The summed E-state index contributed by atoms with van der Waals surface area (Å²) in [4.78, 5) is 1.45. The first kappa shape index (κ1) is 11.6. The Morgan fingerprint density at radius 3 is 2.73 bits per heavy atom. The van der Waals surface area contributed by atoms with Gasteiger partial charge in [-0.3, -0.25) is 0 Å². The van der Waals surface area contributed by atoms with E-state index in [9.17, 15) is 0 Å². The molecule has 1 aliphatic rings. The van der Waals surface area contributed by atoms with E-state index in [-0.39, 0.29) is 0 Å². The fourth-order valence-electron chi connectivity index (χ4n) is 2.29. The fourth-order valence-corrected chi connectivity index (χ4v) is 4.05. The number of halogens is 1. The van der Waals surface area contributed by atoms with Crippen LogP contribution in [0.15, 0.2) is 9.85 Å². The third-order valence-electron chi connectivity index (χ3n) is 3.29. The van der Waals surface area contributed by atoms with Crippen LogP contribution in [0.25, 0.3) is 0 Å². The van der Waals surface area contributed by atoms with E-state index in [1.165, 1.54) is 20.6 Å². The van der Waals surface area contributed by atoms with Gasteiger partial charge in [0.05, 0.1) is 3.79 Å². The lowest BCUT2D eigenvalue weighted by molar-refractivity contribution is 0.475. The number of rotatable bonds is 4.